The Balaban J connectivity index is 1.70. The molecule has 6 heteroatoms. The number of halogens is 2. The van der Waals surface area contributed by atoms with E-state index in [0.717, 1.165) is 25.7 Å². The van der Waals surface area contributed by atoms with Crippen molar-refractivity contribution in [2.24, 2.45) is 17.8 Å². The van der Waals surface area contributed by atoms with Crippen LogP contribution < -0.4 is 0 Å². The van der Waals surface area contributed by atoms with Crippen molar-refractivity contribution in [3.05, 3.63) is 12.2 Å². The van der Waals surface area contributed by atoms with E-state index in [4.69, 9.17) is 14.2 Å². The van der Waals surface area contributed by atoms with Gasteiger partial charge in [0.15, 0.2) is 12.6 Å². The molecule has 3 aliphatic rings. The molecule has 2 aliphatic heterocycles. The highest BCUT2D eigenvalue weighted by Crippen LogP contribution is 2.46. The minimum absolute atomic E-state index is 0.0336. The second-order valence-electron chi connectivity index (χ2n) is 8.42. The van der Waals surface area contributed by atoms with Crippen LogP contribution in [0.2, 0.25) is 0 Å². The second-order valence-corrected chi connectivity index (χ2v) is 8.42. The van der Waals surface area contributed by atoms with E-state index in [1.165, 1.54) is 0 Å². The Morgan fingerprint density at radius 1 is 1.30 bits per heavy atom. The van der Waals surface area contributed by atoms with Crippen molar-refractivity contribution in [3.8, 4) is 0 Å². The van der Waals surface area contributed by atoms with Crippen LogP contribution >= 0.6 is 0 Å². The lowest BCUT2D eigenvalue weighted by atomic mass is 9.87. The van der Waals surface area contributed by atoms with E-state index in [2.05, 4.69) is 6.92 Å². The molecular formula is C21H34F2O4. The van der Waals surface area contributed by atoms with Crippen LogP contribution in [0.25, 0.3) is 0 Å². The largest absolute Gasteiger partial charge is 0.368 e. The van der Waals surface area contributed by atoms with Gasteiger partial charge in [-0.2, -0.15) is 0 Å². The van der Waals surface area contributed by atoms with Gasteiger partial charge in [-0.25, -0.2) is 8.78 Å². The Morgan fingerprint density at radius 3 is 2.81 bits per heavy atom. The van der Waals surface area contributed by atoms with Crippen molar-refractivity contribution < 1.29 is 28.1 Å². The molecule has 3 fully saturated rings. The predicted molar refractivity (Wildman–Crippen MR) is 98.3 cm³/mol. The summed E-state index contributed by atoms with van der Waals surface area (Å²) >= 11 is 0. The number of allylic oxidation sites excluding steroid dienone is 1. The third-order valence-electron chi connectivity index (χ3n) is 6.26. The van der Waals surface area contributed by atoms with E-state index in [0.29, 0.717) is 31.8 Å². The predicted octanol–water partition coefficient (Wildman–Crippen LogP) is 4.66. The Labute approximate surface area is 161 Å². The minimum Gasteiger partial charge on any atom is -0.368 e. The third-order valence-corrected chi connectivity index (χ3v) is 6.26. The summed E-state index contributed by atoms with van der Waals surface area (Å²) in [6.07, 6.45) is 5.96. The summed E-state index contributed by atoms with van der Waals surface area (Å²) in [6, 6.07) is 0. The lowest BCUT2D eigenvalue weighted by Gasteiger charge is -2.31. The molecule has 0 radical (unpaired) electrons. The van der Waals surface area contributed by atoms with Gasteiger partial charge in [0.2, 0.25) is 0 Å². The van der Waals surface area contributed by atoms with E-state index in [1.807, 2.05) is 13.0 Å². The Bertz CT molecular complexity index is 493. The number of ether oxygens (including phenoxy) is 3. The van der Waals surface area contributed by atoms with Crippen molar-refractivity contribution in [3.63, 3.8) is 0 Å². The van der Waals surface area contributed by atoms with Gasteiger partial charge in [0.05, 0.1) is 6.10 Å². The normalized spacial score (nSPS) is 38.4. The van der Waals surface area contributed by atoms with Gasteiger partial charge in [-0.3, -0.25) is 0 Å². The molecule has 7 atom stereocenters. The quantitative estimate of drug-likeness (QED) is 0.615. The smallest absolute Gasteiger partial charge is 0.277 e. The van der Waals surface area contributed by atoms with Gasteiger partial charge >= 0.3 is 0 Å². The van der Waals surface area contributed by atoms with Crippen LogP contribution in [0.3, 0.4) is 0 Å². The maximum absolute atomic E-state index is 14.8. The number of alkyl halides is 2. The average molecular weight is 388 g/mol. The molecule has 4 nitrogen and oxygen atoms in total. The van der Waals surface area contributed by atoms with Gasteiger partial charge in [-0.1, -0.05) is 32.4 Å². The van der Waals surface area contributed by atoms with E-state index >= 15 is 0 Å². The van der Waals surface area contributed by atoms with Crippen LogP contribution in [0.5, 0.6) is 0 Å². The average Bonchev–Trinajstić information content (AvgIpc) is 3.12. The summed E-state index contributed by atoms with van der Waals surface area (Å²) in [5.74, 6) is -2.24. The number of fused-ring (bicyclic) bond motifs is 1. The fourth-order valence-corrected chi connectivity index (χ4v) is 4.71. The fraction of sp³-hybridized carbons (Fsp3) is 0.905. The van der Waals surface area contributed by atoms with Crippen molar-refractivity contribution in [2.75, 3.05) is 6.61 Å². The standard InChI is InChI=1S/C21H34F2O4/c1-3-4-10-21(22,23)18(27-20-7-5-6-11-25-20)9-8-15-14(2)12-17-16(15)13-19(24)26-17/h8-9,14-20,24H,3-7,10-13H2,1-2H3/t14-,15+,16-,17+,18-,19-,20?/m1/s1. The molecule has 1 aliphatic carbocycles. The van der Waals surface area contributed by atoms with E-state index < -0.39 is 24.6 Å². The van der Waals surface area contributed by atoms with E-state index in [-0.39, 0.29) is 24.4 Å². The summed E-state index contributed by atoms with van der Waals surface area (Å²) < 4.78 is 46.5. The van der Waals surface area contributed by atoms with Gasteiger partial charge in [0.1, 0.15) is 6.10 Å². The summed E-state index contributed by atoms with van der Waals surface area (Å²) in [6.45, 7) is 4.61. The summed E-state index contributed by atoms with van der Waals surface area (Å²) in [5.41, 5.74) is 0. The van der Waals surface area contributed by atoms with Crippen LogP contribution in [0.1, 0.15) is 65.2 Å². The van der Waals surface area contributed by atoms with Gasteiger partial charge in [0, 0.05) is 19.4 Å². The molecule has 1 N–H and O–H groups in total. The zero-order valence-electron chi connectivity index (χ0n) is 16.5. The number of aliphatic hydroxyl groups is 1. The van der Waals surface area contributed by atoms with Crippen molar-refractivity contribution >= 4 is 0 Å². The highest BCUT2D eigenvalue weighted by atomic mass is 19.3. The van der Waals surface area contributed by atoms with Gasteiger partial charge in [0.25, 0.3) is 5.92 Å². The molecule has 1 saturated carbocycles. The van der Waals surface area contributed by atoms with Crippen molar-refractivity contribution in [1.82, 2.24) is 0 Å². The highest BCUT2D eigenvalue weighted by Gasteiger charge is 2.47. The molecule has 1 unspecified atom stereocenters. The van der Waals surface area contributed by atoms with E-state index in [9.17, 15) is 13.9 Å². The molecule has 2 heterocycles. The Hall–Kier alpha value is -0.560. The molecule has 27 heavy (non-hydrogen) atoms. The maximum Gasteiger partial charge on any atom is 0.277 e. The fourth-order valence-electron chi connectivity index (χ4n) is 4.71. The molecule has 2 saturated heterocycles. The third kappa shape index (κ3) is 5.28. The number of hydrogen-bond donors (Lipinski definition) is 1. The molecule has 3 rings (SSSR count). The van der Waals surface area contributed by atoms with E-state index in [1.54, 1.807) is 6.08 Å². The molecular weight excluding hydrogens is 354 g/mol. The monoisotopic (exact) mass is 388 g/mol. The lowest BCUT2D eigenvalue weighted by molar-refractivity contribution is -0.226. The van der Waals surface area contributed by atoms with Crippen LogP contribution in [-0.4, -0.2) is 42.4 Å². The zero-order chi connectivity index (χ0) is 19.4. The number of rotatable bonds is 8. The lowest BCUT2D eigenvalue weighted by Crippen LogP contribution is -2.39. The summed E-state index contributed by atoms with van der Waals surface area (Å²) in [5, 5.41) is 9.75. The molecule has 0 aromatic rings. The molecule has 156 valence electrons. The first-order valence-corrected chi connectivity index (χ1v) is 10.6. The topological polar surface area (TPSA) is 47.9 Å². The summed E-state index contributed by atoms with van der Waals surface area (Å²) in [4.78, 5) is 0. The van der Waals surface area contributed by atoms with Crippen molar-refractivity contribution in [2.45, 2.75) is 95.9 Å². The van der Waals surface area contributed by atoms with Gasteiger partial charge in [-0.15, -0.1) is 0 Å². The zero-order valence-corrected chi connectivity index (χ0v) is 16.5. The molecule has 0 aromatic heterocycles. The maximum atomic E-state index is 14.8. The van der Waals surface area contributed by atoms with Crippen LogP contribution in [0.15, 0.2) is 12.2 Å². The molecule has 0 spiro atoms. The highest BCUT2D eigenvalue weighted by molar-refractivity contribution is 5.07. The number of hydrogen-bond acceptors (Lipinski definition) is 4. The first-order valence-electron chi connectivity index (χ1n) is 10.6. The number of unbranched alkanes of at least 4 members (excludes halogenated alkanes) is 1. The molecule has 0 amide bonds. The first-order chi connectivity index (χ1) is 12.9. The molecule has 0 aromatic carbocycles. The number of aliphatic hydroxyl groups excluding tert-OH is 1. The van der Waals surface area contributed by atoms with Gasteiger partial charge < -0.3 is 19.3 Å². The SMILES string of the molecule is CCCCC(F)(F)[C@@H](C=C[C@@H]1[C@H]2C[C@H](O)O[C@H]2C[C@H]1C)OC1CCCCO1. The molecule has 0 bridgehead atoms. The first kappa shape index (κ1) is 21.2. The Kier molecular flexibility index (Phi) is 7.28. The minimum atomic E-state index is -2.92. The Morgan fingerprint density at radius 2 is 2.11 bits per heavy atom. The second kappa shape index (κ2) is 9.29. The summed E-state index contributed by atoms with van der Waals surface area (Å²) in [7, 11) is 0. The van der Waals surface area contributed by atoms with Gasteiger partial charge in [-0.05, 0) is 49.9 Å². The van der Waals surface area contributed by atoms with Crippen LogP contribution in [0, 0.1) is 17.8 Å². The van der Waals surface area contributed by atoms with Crippen LogP contribution in [-0.2, 0) is 14.2 Å². The van der Waals surface area contributed by atoms with Crippen molar-refractivity contribution in [1.29, 1.82) is 0 Å². The van der Waals surface area contributed by atoms with Crippen LogP contribution in [0.4, 0.5) is 8.78 Å².